The molecule has 0 aliphatic carbocycles. The van der Waals surface area contributed by atoms with Gasteiger partial charge >= 0.3 is 0 Å². The van der Waals surface area contributed by atoms with Crippen molar-refractivity contribution in [1.29, 1.82) is 5.26 Å². The van der Waals surface area contributed by atoms with Gasteiger partial charge in [0.1, 0.15) is 17.2 Å². The number of hydrogen-bond donors (Lipinski definition) is 0. The van der Waals surface area contributed by atoms with E-state index >= 15 is 0 Å². The Hall–Kier alpha value is -2.47. The summed E-state index contributed by atoms with van der Waals surface area (Å²) in [6, 6.07) is 16.6. The molecule has 0 saturated carbocycles. The number of nitrogens with zero attached hydrogens (tertiary/aromatic N) is 1. The van der Waals surface area contributed by atoms with E-state index in [0.29, 0.717) is 11.3 Å². The molecule has 2 aromatic rings. The first-order valence-corrected chi connectivity index (χ1v) is 6.22. The van der Waals surface area contributed by atoms with Gasteiger partial charge in [0.2, 0.25) is 0 Å². The molecule has 3 nitrogen and oxygen atoms in total. The van der Waals surface area contributed by atoms with Gasteiger partial charge in [-0.25, -0.2) is 0 Å². The molecule has 0 aliphatic heterocycles. The summed E-state index contributed by atoms with van der Waals surface area (Å²) in [6.07, 6.45) is 0.990. The van der Waals surface area contributed by atoms with Gasteiger partial charge in [0.25, 0.3) is 0 Å². The second-order valence-corrected chi connectivity index (χ2v) is 4.06. The van der Waals surface area contributed by atoms with E-state index < -0.39 is 0 Å². The van der Waals surface area contributed by atoms with E-state index in [1.807, 2.05) is 24.3 Å². The Kier molecular flexibility index (Phi) is 4.41. The topological polar surface area (TPSA) is 42.2 Å². The fourth-order valence-corrected chi connectivity index (χ4v) is 1.56. The Bertz CT molecular complexity index is 553. The highest BCUT2D eigenvalue weighted by Gasteiger charge is 1.99. The lowest BCUT2D eigenvalue weighted by molar-refractivity contribution is 0.317. The molecule has 0 amide bonds. The molecule has 0 N–H and O–H groups in total. The molecular weight excluding hydrogens is 238 g/mol. The van der Waals surface area contributed by atoms with Crippen molar-refractivity contribution in [2.45, 2.75) is 13.3 Å². The minimum atomic E-state index is 0.621. The van der Waals surface area contributed by atoms with Gasteiger partial charge < -0.3 is 9.47 Å². The molecular formula is C16H15NO2. The molecule has 2 aromatic carbocycles. The highest BCUT2D eigenvalue weighted by Crippen LogP contribution is 2.24. The third-order valence-corrected chi connectivity index (χ3v) is 2.52. The standard InChI is InChI=1S/C16H15NO2/c1-2-11-18-14-7-9-16(10-8-14)19-15-5-3-13(12-17)4-6-15/h3-10H,2,11H2,1H3. The summed E-state index contributed by atoms with van der Waals surface area (Å²) in [6.45, 7) is 2.79. The number of ether oxygens (including phenoxy) is 2. The molecule has 2 rings (SSSR count). The summed E-state index contributed by atoms with van der Waals surface area (Å²) in [5.41, 5.74) is 0.621. The lowest BCUT2D eigenvalue weighted by Crippen LogP contribution is -1.94. The fourth-order valence-electron chi connectivity index (χ4n) is 1.56. The maximum Gasteiger partial charge on any atom is 0.127 e. The Morgan fingerprint density at radius 2 is 1.42 bits per heavy atom. The van der Waals surface area contributed by atoms with Gasteiger partial charge in [-0.1, -0.05) is 6.92 Å². The second-order valence-electron chi connectivity index (χ2n) is 4.06. The van der Waals surface area contributed by atoms with Crippen LogP contribution in [-0.2, 0) is 0 Å². The molecule has 0 unspecified atom stereocenters. The van der Waals surface area contributed by atoms with Gasteiger partial charge in [-0.2, -0.15) is 5.26 Å². The Balaban J connectivity index is 2.00. The normalized spacial score (nSPS) is 9.68. The molecule has 3 heteroatoms. The van der Waals surface area contributed by atoms with Crippen molar-refractivity contribution in [3.8, 4) is 23.3 Å². The van der Waals surface area contributed by atoms with Gasteiger partial charge in [-0.3, -0.25) is 0 Å². The van der Waals surface area contributed by atoms with Crippen LogP contribution in [0.4, 0.5) is 0 Å². The van der Waals surface area contributed by atoms with Gasteiger partial charge in [0, 0.05) is 0 Å². The van der Waals surface area contributed by atoms with Crippen molar-refractivity contribution in [3.05, 3.63) is 54.1 Å². The molecule has 0 heterocycles. The van der Waals surface area contributed by atoms with E-state index in [-0.39, 0.29) is 0 Å². The molecule has 0 saturated heterocycles. The average Bonchev–Trinajstić information content (AvgIpc) is 2.47. The maximum absolute atomic E-state index is 8.71. The first-order valence-electron chi connectivity index (χ1n) is 6.22. The predicted molar refractivity (Wildman–Crippen MR) is 73.5 cm³/mol. The third kappa shape index (κ3) is 3.75. The van der Waals surface area contributed by atoms with Crippen LogP contribution in [0.15, 0.2) is 48.5 Å². The molecule has 0 fully saturated rings. The van der Waals surface area contributed by atoms with Crippen molar-refractivity contribution in [2.75, 3.05) is 6.61 Å². The van der Waals surface area contributed by atoms with Crippen LogP contribution in [0.1, 0.15) is 18.9 Å². The fraction of sp³-hybridized carbons (Fsp3) is 0.188. The lowest BCUT2D eigenvalue weighted by atomic mass is 10.2. The summed E-state index contributed by atoms with van der Waals surface area (Å²) in [7, 11) is 0. The third-order valence-electron chi connectivity index (χ3n) is 2.52. The summed E-state index contributed by atoms with van der Waals surface area (Å²) < 4.78 is 11.2. The van der Waals surface area contributed by atoms with Crippen LogP contribution in [0, 0.1) is 11.3 Å². The Labute approximate surface area is 113 Å². The zero-order chi connectivity index (χ0) is 13.5. The van der Waals surface area contributed by atoms with Crippen molar-refractivity contribution in [3.63, 3.8) is 0 Å². The molecule has 0 aliphatic rings. The number of nitriles is 1. The molecule has 0 radical (unpaired) electrons. The zero-order valence-corrected chi connectivity index (χ0v) is 10.8. The van der Waals surface area contributed by atoms with Gasteiger partial charge in [0.05, 0.1) is 18.2 Å². The highest BCUT2D eigenvalue weighted by molar-refractivity contribution is 5.38. The monoisotopic (exact) mass is 253 g/mol. The number of benzene rings is 2. The highest BCUT2D eigenvalue weighted by atomic mass is 16.5. The van der Waals surface area contributed by atoms with Crippen LogP contribution >= 0.6 is 0 Å². The first-order chi connectivity index (χ1) is 9.31. The van der Waals surface area contributed by atoms with Crippen LogP contribution < -0.4 is 9.47 Å². The summed E-state index contributed by atoms with van der Waals surface area (Å²) in [5, 5.41) is 8.71. The molecule has 96 valence electrons. The maximum atomic E-state index is 8.71. The smallest absolute Gasteiger partial charge is 0.127 e. The van der Waals surface area contributed by atoms with E-state index in [1.165, 1.54) is 0 Å². The van der Waals surface area contributed by atoms with Crippen LogP contribution in [0.5, 0.6) is 17.2 Å². The quantitative estimate of drug-likeness (QED) is 0.804. The summed E-state index contributed by atoms with van der Waals surface area (Å²) >= 11 is 0. The lowest BCUT2D eigenvalue weighted by Gasteiger charge is -2.07. The summed E-state index contributed by atoms with van der Waals surface area (Å²) in [4.78, 5) is 0. The minimum absolute atomic E-state index is 0.621. The minimum Gasteiger partial charge on any atom is -0.494 e. The molecule has 0 aromatic heterocycles. The van der Waals surface area contributed by atoms with Crippen molar-refractivity contribution >= 4 is 0 Å². The SMILES string of the molecule is CCCOc1ccc(Oc2ccc(C#N)cc2)cc1. The van der Waals surface area contributed by atoms with E-state index in [0.717, 1.165) is 24.5 Å². The Morgan fingerprint density at radius 3 is 1.95 bits per heavy atom. The van der Waals surface area contributed by atoms with Crippen molar-refractivity contribution in [1.82, 2.24) is 0 Å². The van der Waals surface area contributed by atoms with Crippen LogP contribution in [0.25, 0.3) is 0 Å². The van der Waals surface area contributed by atoms with Crippen LogP contribution in [-0.4, -0.2) is 6.61 Å². The van der Waals surface area contributed by atoms with Crippen molar-refractivity contribution < 1.29 is 9.47 Å². The predicted octanol–water partition coefficient (Wildman–Crippen LogP) is 4.14. The number of hydrogen-bond acceptors (Lipinski definition) is 3. The molecule has 0 atom stereocenters. The van der Waals surface area contributed by atoms with Gasteiger partial charge in [-0.15, -0.1) is 0 Å². The van der Waals surface area contributed by atoms with E-state index in [1.54, 1.807) is 24.3 Å². The van der Waals surface area contributed by atoms with Gasteiger partial charge in [-0.05, 0) is 55.0 Å². The zero-order valence-electron chi connectivity index (χ0n) is 10.8. The average molecular weight is 253 g/mol. The first kappa shape index (κ1) is 13.0. The largest absolute Gasteiger partial charge is 0.494 e. The van der Waals surface area contributed by atoms with Crippen LogP contribution in [0.3, 0.4) is 0 Å². The number of rotatable bonds is 5. The van der Waals surface area contributed by atoms with E-state index in [9.17, 15) is 0 Å². The van der Waals surface area contributed by atoms with Crippen molar-refractivity contribution in [2.24, 2.45) is 0 Å². The van der Waals surface area contributed by atoms with E-state index in [2.05, 4.69) is 13.0 Å². The van der Waals surface area contributed by atoms with Crippen LogP contribution in [0.2, 0.25) is 0 Å². The molecule has 0 bridgehead atoms. The molecule has 19 heavy (non-hydrogen) atoms. The van der Waals surface area contributed by atoms with E-state index in [4.69, 9.17) is 14.7 Å². The van der Waals surface area contributed by atoms with Gasteiger partial charge in [0.15, 0.2) is 0 Å². The second kappa shape index (κ2) is 6.46. The Morgan fingerprint density at radius 1 is 0.895 bits per heavy atom. The molecule has 0 spiro atoms. The summed E-state index contributed by atoms with van der Waals surface area (Å²) in [5.74, 6) is 2.30.